The zero-order valence-corrected chi connectivity index (χ0v) is 16.9. The maximum absolute atomic E-state index is 4.86. The van der Waals surface area contributed by atoms with Crippen LogP contribution in [0.4, 0.5) is 0 Å². The van der Waals surface area contributed by atoms with Crippen molar-refractivity contribution < 1.29 is 0 Å². The molecule has 0 radical (unpaired) electrons. The summed E-state index contributed by atoms with van der Waals surface area (Å²) in [7, 11) is 0. The molecule has 0 spiro atoms. The van der Waals surface area contributed by atoms with Crippen LogP contribution in [0.3, 0.4) is 0 Å². The van der Waals surface area contributed by atoms with Crippen LogP contribution in [0.1, 0.15) is 43.3 Å². The van der Waals surface area contributed by atoms with Gasteiger partial charge in [0.25, 0.3) is 0 Å². The first-order chi connectivity index (χ1) is 14.0. The number of hydrogen-bond donors (Lipinski definition) is 0. The largest absolute Gasteiger partial charge is 0.244 e. The molecule has 5 rings (SSSR count). The van der Waals surface area contributed by atoms with Crippen LogP contribution in [0, 0.1) is 12.3 Å². The quantitative estimate of drug-likeness (QED) is 0.525. The van der Waals surface area contributed by atoms with Gasteiger partial charge in [-0.3, -0.25) is 0 Å². The molecule has 1 aliphatic carbocycles. The summed E-state index contributed by atoms with van der Waals surface area (Å²) < 4.78 is 4.02. The molecule has 4 aromatic rings. The zero-order chi connectivity index (χ0) is 20.0. The van der Waals surface area contributed by atoms with Gasteiger partial charge in [-0.15, -0.1) is 5.10 Å². The van der Waals surface area contributed by atoms with E-state index >= 15 is 0 Å². The Morgan fingerprint density at radius 2 is 1.83 bits per heavy atom. The van der Waals surface area contributed by atoms with E-state index in [1.54, 1.807) is 0 Å². The highest BCUT2D eigenvalue weighted by Gasteiger charge is 2.38. The molecule has 1 unspecified atom stereocenters. The van der Waals surface area contributed by atoms with Crippen LogP contribution in [-0.4, -0.2) is 29.8 Å². The van der Waals surface area contributed by atoms with Crippen molar-refractivity contribution in [2.75, 3.05) is 0 Å². The van der Waals surface area contributed by atoms with Crippen LogP contribution in [-0.2, 0) is 6.42 Å². The van der Waals surface area contributed by atoms with Crippen LogP contribution in [0.25, 0.3) is 17.1 Å². The van der Waals surface area contributed by atoms with Crippen LogP contribution in [0.2, 0.25) is 0 Å². The molecule has 0 bridgehead atoms. The van der Waals surface area contributed by atoms with Gasteiger partial charge in [-0.25, -0.2) is 14.3 Å². The summed E-state index contributed by atoms with van der Waals surface area (Å²) in [5, 5.41) is 13.8. The van der Waals surface area contributed by atoms with Crippen molar-refractivity contribution in [3.8, 4) is 17.1 Å². The molecular weight excluding hydrogens is 360 g/mol. The van der Waals surface area contributed by atoms with E-state index in [0.717, 1.165) is 35.6 Å². The van der Waals surface area contributed by atoms with Crippen LogP contribution in [0.15, 0.2) is 60.9 Å². The number of nitrogens with zero attached hydrogens (tertiary/aromatic N) is 6. The minimum absolute atomic E-state index is 0.108. The number of hydrogen-bond acceptors (Lipinski definition) is 4. The summed E-state index contributed by atoms with van der Waals surface area (Å²) in [6.07, 6.45) is 5.82. The highest BCUT2D eigenvalue weighted by Crippen LogP contribution is 2.44. The van der Waals surface area contributed by atoms with E-state index in [2.05, 4.69) is 54.4 Å². The molecule has 0 aliphatic heterocycles. The standard InChI is InChI=1S/C23H24N6/c1-16-22-19(28-15-18(25-27-28)17-9-5-4-6-10-17)13-23(2,3)14-20(22)29(26-16)21-11-7-8-12-24-21/h4-12,15,19H,13-14H2,1-3H3. The molecule has 3 heterocycles. The third-order valence-electron chi connectivity index (χ3n) is 5.70. The van der Waals surface area contributed by atoms with E-state index in [-0.39, 0.29) is 11.5 Å². The smallest absolute Gasteiger partial charge is 0.153 e. The summed E-state index contributed by atoms with van der Waals surface area (Å²) in [5.74, 6) is 0.858. The highest BCUT2D eigenvalue weighted by atomic mass is 15.4. The van der Waals surface area contributed by atoms with E-state index in [1.807, 2.05) is 52.0 Å². The maximum Gasteiger partial charge on any atom is 0.153 e. The zero-order valence-electron chi connectivity index (χ0n) is 16.9. The number of benzene rings is 1. The molecule has 6 nitrogen and oxygen atoms in total. The van der Waals surface area contributed by atoms with Crippen LogP contribution < -0.4 is 0 Å². The Kier molecular flexibility index (Phi) is 4.08. The SMILES string of the molecule is Cc1nn(-c2ccccn2)c2c1C(n1cc(-c3ccccc3)nn1)CC(C)(C)C2. The Bertz CT molecular complexity index is 1140. The van der Waals surface area contributed by atoms with Gasteiger partial charge in [-0.2, -0.15) is 5.10 Å². The van der Waals surface area contributed by atoms with Gasteiger partial charge in [0.15, 0.2) is 5.82 Å². The fraction of sp³-hybridized carbons (Fsp3) is 0.304. The summed E-state index contributed by atoms with van der Waals surface area (Å²) in [6.45, 7) is 6.70. The predicted molar refractivity (Wildman–Crippen MR) is 112 cm³/mol. The Morgan fingerprint density at radius 3 is 2.59 bits per heavy atom. The van der Waals surface area contributed by atoms with Crippen molar-refractivity contribution in [3.05, 3.63) is 77.9 Å². The summed E-state index contributed by atoms with van der Waals surface area (Å²) in [6, 6.07) is 16.2. The monoisotopic (exact) mass is 384 g/mol. The highest BCUT2D eigenvalue weighted by molar-refractivity contribution is 5.57. The molecule has 0 saturated heterocycles. The maximum atomic E-state index is 4.86. The Labute approximate surface area is 170 Å². The van der Waals surface area contributed by atoms with E-state index < -0.39 is 0 Å². The van der Waals surface area contributed by atoms with Crippen molar-refractivity contribution in [1.29, 1.82) is 0 Å². The first-order valence-corrected chi connectivity index (χ1v) is 9.99. The minimum Gasteiger partial charge on any atom is -0.244 e. The van der Waals surface area contributed by atoms with Gasteiger partial charge >= 0.3 is 0 Å². The topological polar surface area (TPSA) is 61.4 Å². The first-order valence-electron chi connectivity index (χ1n) is 9.99. The molecule has 146 valence electrons. The lowest BCUT2D eigenvalue weighted by atomic mass is 9.73. The lowest BCUT2D eigenvalue weighted by molar-refractivity contribution is 0.247. The normalized spacial score (nSPS) is 17.8. The first kappa shape index (κ1) is 17.8. The molecule has 0 N–H and O–H groups in total. The van der Waals surface area contributed by atoms with Crippen LogP contribution in [0.5, 0.6) is 0 Å². The Balaban J connectivity index is 1.62. The van der Waals surface area contributed by atoms with Gasteiger partial charge in [0.05, 0.1) is 23.6 Å². The fourth-order valence-corrected chi connectivity index (χ4v) is 4.41. The van der Waals surface area contributed by atoms with Gasteiger partial charge in [0.1, 0.15) is 5.69 Å². The van der Waals surface area contributed by atoms with Crippen LogP contribution >= 0.6 is 0 Å². The van der Waals surface area contributed by atoms with Gasteiger partial charge in [-0.05, 0) is 37.3 Å². The number of rotatable bonds is 3. The molecule has 0 fully saturated rings. The van der Waals surface area contributed by atoms with Gasteiger partial charge in [0.2, 0.25) is 0 Å². The van der Waals surface area contributed by atoms with E-state index in [0.29, 0.717) is 0 Å². The molecule has 29 heavy (non-hydrogen) atoms. The lowest BCUT2D eigenvalue weighted by Gasteiger charge is -2.35. The second-order valence-electron chi connectivity index (χ2n) is 8.56. The minimum atomic E-state index is 0.108. The number of fused-ring (bicyclic) bond motifs is 1. The predicted octanol–water partition coefficient (Wildman–Crippen LogP) is 4.40. The number of aromatic nitrogens is 6. The van der Waals surface area contributed by atoms with Crippen molar-refractivity contribution >= 4 is 0 Å². The van der Waals surface area contributed by atoms with Crippen molar-refractivity contribution in [3.63, 3.8) is 0 Å². The number of pyridine rings is 1. The molecule has 6 heteroatoms. The third kappa shape index (κ3) is 3.14. The molecule has 0 saturated carbocycles. The molecule has 0 amide bonds. The molecule has 1 aromatic carbocycles. The third-order valence-corrected chi connectivity index (χ3v) is 5.70. The fourth-order valence-electron chi connectivity index (χ4n) is 4.41. The van der Waals surface area contributed by atoms with E-state index in [1.165, 1.54) is 11.3 Å². The van der Waals surface area contributed by atoms with Gasteiger partial charge in [-0.1, -0.05) is 55.5 Å². The van der Waals surface area contributed by atoms with Gasteiger partial charge in [0, 0.05) is 17.3 Å². The molecule has 3 aromatic heterocycles. The molecular formula is C23H24N6. The number of aryl methyl sites for hydroxylation is 1. The van der Waals surface area contributed by atoms with E-state index in [9.17, 15) is 0 Å². The lowest BCUT2D eigenvalue weighted by Crippen LogP contribution is -2.30. The summed E-state index contributed by atoms with van der Waals surface area (Å²) in [4.78, 5) is 4.53. The van der Waals surface area contributed by atoms with Crippen molar-refractivity contribution in [2.24, 2.45) is 5.41 Å². The van der Waals surface area contributed by atoms with E-state index in [4.69, 9.17) is 5.10 Å². The summed E-state index contributed by atoms with van der Waals surface area (Å²) >= 11 is 0. The molecule has 1 aliphatic rings. The van der Waals surface area contributed by atoms with Crippen molar-refractivity contribution in [2.45, 2.75) is 39.7 Å². The summed E-state index contributed by atoms with van der Waals surface area (Å²) in [5.41, 5.74) is 5.59. The second-order valence-corrected chi connectivity index (χ2v) is 8.56. The average Bonchev–Trinajstić information content (AvgIpc) is 3.33. The Morgan fingerprint density at radius 1 is 1.03 bits per heavy atom. The second kappa shape index (κ2) is 6.65. The Hall–Kier alpha value is -3.28. The van der Waals surface area contributed by atoms with Gasteiger partial charge < -0.3 is 0 Å². The van der Waals surface area contributed by atoms with Crippen molar-refractivity contribution in [1.82, 2.24) is 29.8 Å². The molecule has 1 atom stereocenters. The average molecular weight is 384 g/mol.